The van der Waals surface area contributed by atoms with Crippen molar-refractivity contribution in [1.29, 1.82) is 0 Å². The molecule has 4 nitrogen and oxygen atoms in total. The Hall–Kier alpha value is -3.14. The average Bonchev–Trinajstić information content (AvgIpc) is 2.59. The van der Waals surface area contributed by atoms with Gasteiger partial charge in [0.1, 0.15) is 23.6 Å². The van der Waals surface area contributed by atoms with Crippen LogP contribution in [0.5, 0.6) is 5.75 Å². The molecule has 1 aliphatic heterocycles. The van der Waals surface area contributed by atoms with Crippen molar-refractivity contribution in [1.82, 2.24) is 4.98 Å². The van der Waals surface area contributed by atoms with Crippen molar-refractivity contribution >= 4 is 11.1 Å². The molecule has 0 bridgehead atoms. The summed E-state index contributed by atoms with van der Waals surface area (Å²) in [6.45, 7) is 0.484. The number of ether oxygens (including phenoxy) is 1. The second-order valence-corrected chi connectivity index (χ2v) is 5.25. The molecule has 0 unspecified atom stereocenters. The highest BCUT2D eigenvalue weighted by Crippen LogP contribution is 2.26. The Morgan fingerprint density at radius 1 is 0.957 bits per heavy atom. The summed E-state index contributed by atoms with van der Waals surface area (Å²) in [7, 11) is 0. The topological polar surface area (TPSA) is 52.3 Å². The summed E-state index contributed by atoms with van der Waals surface area (Å²) in [5.74, 6) is 1.18. The first-order chi connectivity index (χ1) is 11.3. The molecule has 0 N–H and O–H groups in total. The van der Waals surface area contributed by atoms with Crippen molar-refractivity contribution in [3.63, 3.8) is 0 Å². The zero-order chi connectivity index (χ0) is 15.6. The van der Waals surface area contributed by atoms with Crippen molar-refractivity contribution in [3.8, 4) is 17.2 Å². The van der Waals surface area contributed by atoms with E-state index in [2.05, 4.69) is 4.98 Å². The molecule has 23 heavy (non-hydrogen) atoms. The third-order valence-corrected chi connectivity index (χ3v) is 3.57. The van der Waals surface area contributed by atoms with Gasteiger partial charge in [-0.15, -0.1) is 0 Å². The molecular formula is C19H13NO3. The van der Waals surface area contributed by atoms with Gasteiger partial charge < -0.3 is 9.15 Å². The number of hydrogen-bond donors (Lipinski definition) is 0. The Morgan fingerprint density at radius 3 is 2.70 bits per heavy atom. The maximum atomic E-state index is 11.4. The van der Waals surface area contributed by atoms with Crippen LogP contribution >= 0.6 is 0 Å². The highest BCUT2D eigenvalue weighted by atomic mass is 16.5. The lowest BCUT2D eigenvalue weighted by Crippen LogP contribution is -1.99. The standard InChI is InChI=1S/C19H13NO3/c21-14-6-8-16-18(10-14)23-19-11-15(7-9-17(19)20-16)22-12-13-4-2-1-3-5-13/h1-11H,12H2. The van der Waals surface area contributed by atoms with E-state index in [1.54, 1.807) is 12.1 Å². The van der Waals surface area contributed by atoms with Crippen molar-refractivity contribution < 1.29 is 9.15 Å². The fourth-order valence-electron chi connectivity index (χ4n) is 2.42. The summed E-state index contributed by atoms with van der Waals surface area (Å²) >= 11 is 0. The number of hydrogen-bond acceptors (Lipinski definition) is 4. The van der Waals surface area contributed by atoms with Gasteiger partial charge in [-0.3, -0.25) is 4.79 Å². The van der Waals surface area contributed by atoms with Crippen LogP contribution < -0.4 is 10.2 Å². The van der Waals surface area contributed by atoms with Gasteiger partial charge in [0.2, 0.25) is 0 Å². The summed E-state index contributed by atoms with van der Waals surface area (Å²) < 4.78 is 11.6. The summed E-state index contributed by atoms with van der Waals surface area (Å²) in [5.41, 5.74) is 2.97. The van der Waals surface area contributed by atoms with Gasteiger partial charge in [-0.05, 0) is 29.8 Å². The minimum Gasteiger partial charge on any atom is -0.489 e. The third kappa shape index (κ3) is 2.79. The van der Waals surface area contributed by atoms with Crippen molar-refractivity contribution in [3.05, 3.63) is 82.5 Å². The molecule has 2 aliphatic rings. The number of benzene rings is 3. The van der Waals surface area contributed by atoms with Gasteiger partial charge in [0.05, 0.1) is 0 Å². The van der Waals surface area contributed by atoms with Crippen molar-refractivity contribution in [2.45, 2.75) is 6.61 Å². The Bertz CT molecular complexity index is 992. The van der Waals surface area contributed by atoms with Gasteiger partial charge >= 0.3 is 0 Å². The lowest BCUT2D eigenvalue weighted by atomic mass is 10.2. The molecule has 0 amide bonds. The van der Waals surface area contributed by atoms with Gasteiger partial charge in [0.25, 0.3) is 0 Å². The van der Waals surface area contributed by atoms with Crippen LogP contribution in [-0.4, -0.2) is 4.98 Å². The van der Waals surface area contributed by atoms with Crippen LogP contribution in [0.3, 0.4) is 0 Å². The molecule has 0 saturated heterocycles. The number of rotatable bonds is 3. The summed E-state index contributed by atoms with van der Waals surface area (Å²) in [4.78, 5) is 15.9. The van der Waals surface area contributed by atoms with Gasteiger partial charge in [-0.1, -0.05) is 30.3 Å². The van der Waals surface area contributed by atoms with E-state index in [4.69, 9.17) is 9.15 Å². The molecule has 0 saturated carbocycles. The molecule has 4 heteroatoms. The molecule has 112 valence electrons. The Balaban J connectivity index is 1.68. The molecule has 0 aromatic heterocycles. The molecular weight excluding hydrogens is 290 g/mol. The van der Waals surface area contributed by atoms with Crippen LogP contribution in [0.2, 0.25) is 0 Å². The van der Waals surface area contributed by atoms with Crippen molar-refractivity contribution in [2.75, 3.05) is 0 Å². The minimum atomic E-state index is -0.0983. The highest BCUT2D eigenvalue weighted by molar-refractivity contribution is 5.77. The first kappa shape index (κ1) is 13.5. The summed E-state index contributed by atoms with van der Waals surface area (Å²) in [6, 6.07) is 20.0. The van der Waals surface area contributed by atoms with Gasteiger partial charge in [-0.2, -0.15) is 0 Å². The lowest BCUT2D eigenvalue weighted by molar-refractivity contribution is 0.306. The predicted octanol–water partition coefficient (Wildman–Crippen LogP) is 3.87. The van der Waals surface area contributed by atoms with E-state index in [0.29, 0.717) is 29.4 Å². The fraction of sp³-hybridized carbons (Fsp3) is 0.0526. The van der Waals surface area contributed by atoms with E-state index < -0.39 is 0 Å². The number of fused-ring (bicyclic) bond motifs is 2. The molecule has 0 atom stereocenters. The van der Waals surface area contributed by atoms with E-state index >= 15 is 0 Å². The molecule has 0 radical (unpaired) electrons. The Labute approximate surface area is 132 Å². The lowest BCUT2D eigenvalue weighted by Gasteiger charge is -2.09. The van der Waals surface area contributed by atoms with Gasteiger partial charge in [0.15, 0.2) is 16.8 Å². The number of aromatic nitrogens is 1. The maximum Gasteiger partial charge on any atom is 0.182 e. The van der Waals surface area contributed by atoms with E-state index in [1.807, 2.05) is 42.5 Å². The van der Waals surface area contributed by atoms with Crippen LogP contribution in [0.15, 0.2) is 75.9 Å². The highest BCUT2D eigenvalue weighted by Gasteiger charge is 2.10. The van der Waals surface area contributed by atoms with Gasteiger partial charge in [0, 0.05) is 12.1 Å². The van der Waals surface area contributed by atoms with E-state index in [9.17, 15) is 4.79 Å². The average molecular weight is 303 g/mol. The Kier molecular flexibility index (Phi) is 3.27. The number of nitrogens with zero attached hydrogens (tertiary/aromatic N) is 1. The third-order valence-electron chi connectivity index (χ3n) is 3.57. The minimum absolute atomic E-state index is 0.0983. The fourth-order valence-corrected chi connectivity index (χ4v) is 2.42. The molecule has 2 aromatic carbocycles. The van der Waals surface area contributed by atoms with Crippen LogP contribution in [0.4, 0.5) is 0 Å². The quantitative estimate of drug-likeness (QED) is 0.539. The molecule has 0 spiro atoms. The monoisotopic (exact) mass is 303 g/mol. The smallest absolute Gasteiger partial charge is 0.182 e. The maximum absolute atomic E-state index is 11.4. The van der Waals surface area contributed by atoms with Crippen LogP contribution in [0, 0.1) is 0 Å². The van der Waals surface area contributed by atoms with E-state index in [-0.39, 0.29) is 5.43 Å². The molecule has 1 aliphatic carbocycles. The van der Waals surface area contributed by atoms with Crippen molar-refractivity contribution in [2.24, 2.45) is 0 Å². The first-order valence-corrected chi connectivity index (χ1v) is 7.29. The first-order valence-electron chi connectivity index (χ1n) is 7.29. The van der Waals surface area contributed by atoms with Crippen LogP contribution in [0.1, 0.15) is 5.56 Å². The predicted molar refractivity (Wildman–Crippen MR) is 87.7 cm³/mol. The second kappa shape index (κ2) is 5.57. The molecule has 2 aromatic rings. The zero-order valence-corrected chi connectivity index (χ0v) is 12.2. The largest absolute Gasteiger partial charge is 0.489 e. The normalized spacial score (nSPS) is 11.0. The SMILES string of the molecule is O=c1ccc2nc3ccc(OCc4ccccc4)cc3oc-2c1. The zero-order valence-electron chi connectivity index (χ0n) is 12.2. The molecule has 1 heterocycles. The molecule has 4 rings (SSSR count). The van der Waals surface area contributed by atoms with E-state index in [0.717, 1.165) is 11.1 Å². The second-order valence-electron chi connectivity index (χ2n) is 5.25. The van der Waals surface area contributed by atoms with E-state index in [1.165, 1.54) is 12.1 Å². The van der Waals surface area contributed by atoms with Crippen LogP contribution in [0.25, 0.3) is 22.6 Å². The van der Waals surface area contributed by atoms with Crippen LogP contribution in [-0.2, 0) is 6.61 Å². The summed E-state index contributed by atoms with van der Waals surface area (Å²) in [5, 5.41) is 0. The Morgan fingerprint density at radius 2 is 1.83 bits per heavy atom. The molecule has 0 fully saturated rings. The summed E-state index contributed by atoms with van der Waals surface area (Å²) in [6.07, 6.45) is 0. The van der Waals surface area contributed by atoms with Gasteiger partial charge in [-0.25, -0.2) is 4.98 Å².